The van der Waals surface area contributed by atoms with Crippen LogP contribution in [0.5, 0.6) is 0 Å². The molecule has 2 aromatic rings. The second kappa shape index (κ2) is 6.97. The second-order valence-electron chi connectivity index (χ2n) is 4.87. The van der Waals surface area contributed by atoms with E-state index in [2.05, 4.69) is 32.6 Å². The van der Waals surface area contributed by atoms with Gasteiger partial charge < -0.3 is 10.1 Å². The minimum atomic E-state index is -0.432. The van der Waals surface area contributed by atoms with Gasteiger partial charge in [-0.2, -0.15) is 4.80 Å². The number of esters is 1. The smallest absolute Gasteiger partial charge is 0.338 e. The molecule has 0 amide bonds. The van der Waals surface area contributed by atoms with E-state index in [-0.39, 0.29) is 6.04 Å². The molecule has 0 saturated heterocycles. The van der Waals surface area contributed by atoms with E-state index in [0.717, 1.165) is 6.42 Å². The van der Waals surface area contributed by atoms with E-state index in [9.17, 15) is 4.79 Å². The van der Waals surface area contributed by atoms with Crippen molar-refractivity contribution in [3.63, 3.8) is 0 Å². The molecule has 0 aliphatic heterocycles. The van der Waals surface area contributed by atoms with Crippen molar-refractivity contribution < 1.29 is 9.53 Å². The largest absolute Gasteiger partial charge is 0.465 e. The molecule has 1 unspecified atom stereocenters. The van der Waals surface area contributed by atoms with Crippen LogP contribution in [0.1, 0.15) is 37.6 Å². The number of anilines is 1. The standard InChI is InChI=1S/C14H20N6O2/c1-5-9(3)15-12-8-10(14(21)22-4)7-11(16-12)13-17-19-20(6-2)18-13/h7-9H,5-6H2,1-4H3,(H,15,16). The summed E-state index contributed by atoms with van der Waals surface area (Å²) in [6, 6.07) is 3.49. The van der Waals surface area contributed by atoms with Crippen LogP contribution in [0.2, 0.25) is 0 Å². The molecule has 1 atom stereocenters. The fourth-order valence-electron chi connectivity index (χ4n) is 1.79. The molecular weight excluding hydrogens is 284 g/mol. The first-order valence-electron chi connectivity index (χ1n) is 7.22. The number of ether oxygens (including phenoxy) is 1. The number of aromatic nitrogens is 5. The number of tetrazole rings is 1. The van der Waals surface area contributed by atoms with Crippen LogP contribution in [-0.2, 0) is 11.3 Å². The van der Waals surface area contributed by atoms with E-state index in [1.54, 1.807) is 12.1 Å². The Bertz CT molecular complexity index is 655. The summed E-state index contributed by atoms with van der Waals surface area (Å²) in [7, 11) is 1.34. The summed E-state index contributed by atoms with van der Waals surface area (Å²) in [5.74, 6) is 0.527. The van der Waals surface area contributed by atoms with Gasteiger partial charge in [-0.3, -0.25) is 0 Å². The zero-order valence-corrected chi connectivity index (χ0v) is 13.2. The number of carbonyl (C=O) groups is 1. The van der Waals surface area contributed by atoms with E-state index in [1.807, 2.05) is 13.8 Å². The van der Waals surface area contributed by atoms with Crippen LogP contribution in [0, 0.1) is 0 Å². The highest BCUT2D eigenvalue weighted by Crippen LogP contribution is 2.19. The van der Waals surface area contributed by atoms with Crippen molar-refractivity contribution in [1.29, 1.82) is 0 Å². The van der Waals surface area contributed by atoms with Crippen molar-refractivity contribution in [2.45, 2.75) is 39.8 Å². The Morgan fingerprint density at radius 3 is 2.77 bits per heavy atom. The topological polar surface area (TPSA) is 94.8 Å². The summed E-state index contributed by atoms with van der Waals surface area (Å²) in [6.45, 7) is 6.64. The van der Waals surface area contributed by atoms with Gasteiger partial charge in [0, 0.05) is 6.04 Å². The maximum Gasteiger partial charge on any atom is 0.338 e. The van der Waals surface area contributed by atoms with Gasteiger partial charge in [0.15, 0.2) is 0 Å². The molecule has 118 valence electrons. The number of aryl methyl sites for hydroxylation is 1. The highest BCUT2D eigenvalue weighted by atomic mass is 16.5. The fraction of sp³-hybridized carbons (Fsp3) is 0.500. The summed E-state index contributed by atoms with van der Waals surface area (Å²) in [5, 5.41) is 15.3. The van der Waals surface area contributed by atoms with Crippen LogP contribution in [0.4, 0.5) is 5.82 Å². The average molecular weight is 304 g/mol. The van der Waals surface area contributed by atoms with Crippen LogP contribution in [-0.4, -0.2) is 44.3 Å². The van der Waals surface area contributed by atoms with Crippen LogP contribution in [0.3, 0.4) is 0 Å². The van der Waals surface area contributed by atoms with Gasteiger partial charge in [-0.05, 0) is 37.6 Å². The van der Waals surface area contributed by atoms with Gasteiger partial charge in [0.05, 0.1) is 19.2 Å². The van der Waals surface area contributed by atoms with Gasteiger partial charge in [-0.25, -0.2) is 9.78 Å². The van der Waals surface area contributed by atoms with E-state index >= 15 is 0 Å². The SMILES string of the molecule is CCC(C)Nc1cc(C(=O)OC)cc(-c2nnn(CC)n2)n1. The Labute approximate surface area is 128 Å². The molecule has 8 nitrogen and oxygen atoms in total. The predicted octanol–water partition coefficient (Wildman–Crippen LogP) is 1.75. The summed E-state index contributed by atoms with van der Waals surface area (Å²) in [6.07, 6.45) is 0.934. The van der Waals surface area contributed by atoms with Crippen molar-refractivity contribution in [3.05, 3.63) is 17.7 Å². The molecule has 0 aliphatic rings. The third kappa shape index (κ3) is 3.57. The molecule has 0 fully saturated rings. The molecular formula is C14H20N6O2. The number of carbonyl (C=O) groups excluding carboxylic acids is 1. The molecule has 0 radical (unpaired) electrons. The Balaban J connectivity index is 2.43. The maximum atomic E-state index is 11.8. The molecule has 1 N–H and O–H groups in total. The van der Waals surface area contributed by atoms with Crippen molar-refractivity contribution >= 4 is 11.8 Å². The molecule has 2 aromatic heterocycles. The third-order valence-electron chi connectivity index (χ3n) is 3.22. The van der Waals surface area contributed by atoms with Crippen molar-refractivity contribution in [2.75, 3.05) is 12.4 Å². The number of nitrogens with one attached hydrogen (secondary N) is 1. The second-order valence-corrected chi connectivity index (χ2v) is 4.87. The first-order chi connectivity index (χ1) is 10.6. The average Bonchev–Trinajstić information content (AvgIpc) is 3.02. The molecule has 2 rings (SSSR count). The zero-order valence-electron chi connectivity index (χ0n) is 13.2. The number of methoxy groups -OCH3 is 1. The van der Waals surface area contributed by atoms with E-state index < -0.39 is 5.97 Å². The number of nitrogens with zero attached hydrogens (tertiary/aromatic N) is 5. The minimum Gasteiger partial charge on any atom is -0.465 e. The van der Waals surface area contributed by atoms with Gasteiger partial charge in [-0.15, -0.1) is 10.2 Å². The Kier molecular flexibility index (Phi) is 5.03. The number of rotatable bonds is 6. The lowest BCUT2D eigenvalue weighted by molar-refractivity contribution is 0.0600. The number of pyridine rings is 1. The Morgan fingerprint density at radius 2 is 2.18 bits per heavy atom. The van der Waals surface area contributed by atoms with E-state index in [0.29, 0.717) is 29.4 Å². The Morgan fingerprint density at radius 1 is 1.41 bits per heavy atom. The maximum absolute atomic E-state index is 11.8. The molecule has 0 saturated carbocycles. The fourth-order valence-corrected chi connectivity index (χ4v) is 1.79. The number of hydrogen-bond acceptors (Lipinski definition) is 7. The quantitative estimate of drug-likeness (QED) is 0.812. The van der Waals surface area contributed by atoms with Gasteiger partial charge in [-0.1, -0.05) is 6.92 Å². The lowest BCUT2D eigenvalue weighted by Gasteiger charge is -2.13. The monoisotopic (exact) mass is 304 g/mol. The molecule has 2 heterocycles. The van der Waals surface area contributed by atoms with Crippen LogP contribution >= 0.6 is 0 Å². The lowest BCUT2D eigenvalue weighted by Crippen LogP contribution is -2.15. The summed E-state index contributed by atoms with van der Waals surface area (Å²) in [4.78, 5) is 17.7. The van der Waals surface area contributed by atoms with Crippen LogP contribution < -0.4 is 5.32 Å². The normalized spacial score (nSPS) is 12.0. The summed E-state index contributed by atoms with van der Waals surface area (Å²) in [5.41, 5.74) is 0.875. The van der Waals surface area contributed by atoms with Crippen molar-refractivity contribution in [1.82, 2.24) is 25.2 Å². The summed E-state index contributed by atoms with van der Waals surface area (Å²) >= 11 is 0. The molecule has 0 aliphatic carbocycles. The number of hydrogen-bond donors (Lipinski definition) is 1. The highest BCUT2D eigenvalue weighted by molar-refractivity contribution is 5.91. The van der Waals surface area contributed by atoms with Gasteiger partial charge in [0.2, 0.25) is 5.82 Å². The highest BCUT2D eigenvalue weighted by Gasteiger charge is 2.15. The minimum absolute atomic E-state index is 0.229. The lowest BCUT2D eigenvalue weighted by atomic mass is 10.2. The molecule has 8 heteroatoms. The van der Waals surface area contributed by atoms with Gasteiger partial charge in [0.1, 0.15) is 11.5 Å². The first-order valence-corrected chi connectivity index (χ1v) is 7.22. The zero-order chi connectivity index (χ0) is 16.1. The molecule has 0 bridgehead atoms. The van der Waals surface area contributed by atoms with E-state index in [4.69, 9.17) is 4.74 Å². The van der Waals surface area contributed by atoms with Crippen LogP contribution in [0.25, 0.3) is 11.5 Å². The molecule has 0 aromatic carbocycles. The third-order valence-corrected chi connectivity index (χ3v) is 3.22. The molecule has 22 heavy (non-hydrogen) atoms. The summed E-state index contributed by atoms with van der Waals surface area (Å²) < 4.78 is 4.78. The van der Waals surface area contributed by atoms with Gasteiger partial charge >= 0.3 is 5.97 Å². The van der Waals surface area contributed by atoms with Gasteiger partial charge in [0.25, 0.3) is 0 Å². The van der Waals surface area contributed by atoms with Crippen molar-refractivity contribution in [3.8, 4) is 11.5 Å². The van der Waals surface area contributed by atoms with Crippen LogP contribution in [0.15, 0.2) is 12.1 Å². The van der Waals surface area contributed by atoms with Crippen molar-refractivity contribution in [2.24, 2.45) is 0 Å². The van der Waals surface area contributed by atoms with E-state index in [1.165, 1.54) is 11.9 Å². The molecule has 0 spiro atoms. The predicted molar refractivity (Wildman–Crippen MR) is 81.4 cm³/mol. The Hall–Kier alpha value is -2.51. The first kappa shape index (κ1) is 15.9.